The van der Waals surface area contributed by atoms with Crippen LogP contribution >= 0.6 is 0 Å². The molecule has 0 radical (unpaired) electrons. The molecule has 0 rings (SSSR count). The number of carbonyl (C=O) groups is 2. The Morgan fingerprint density at radius 2 is 1.65 bits per heavy atom. The molecular weight excluding hydrogens is 220 g/mol. The number of rotatable bonds is 5. The standard InChI is InChI=1S/C13H24O4/c1-9(2)16-12(15)10(3)7-8-11(14)17-13(4,5)6/h9-10H,7-8H2,1-6H3/t10-/m0/s1. The van der Waals surface area contributed by atoms with Gasteiger partial charge in [-0.3, -0.25) is 9.59 Å². The molecule has 0 spiro atoms. The van der Waals surface area contributed by atoms with Gasteiger partial charge in [0.05, 0.1) is 12.0 Å². The van der Waals surface area contributed by atoms with Gasteiger partial charge < -0.3 is 9.47 Å². The van der Waals surface area contributed by atoms with E-state index in [1.807, 2.05) is 20.8 Å². The minimum Gasteiger partial charge on any atom is -0.463 e. The second-order valence-corrected chi connectivity index (χ2v) is 5.51. The Morgan fingerprint density at radius 3 is 2.06 bits per heavy atom. The molecule has 0 aliphatic rings. The number of esters is 2. The van der Waals surface area contributed by atoms with E-state index >= 15 is 0 Å². The van der Waals surface area contributed by atoms with Crippen LogP contribution in [0.2, 0.25) is 0 Å². The van der Waals surface area contributed by atoms with Crippen LogP contribution in [0.4, 0.5) is 0 Å². The highest BCUT2D eigenvalue weighted by Gasteiger charge is 2.20. The summed E-state index contributed by atoms with van der Waals surface area (Å²) in [6.07, 6.45) is 0.581. The summed E-state index contributed by atoms with van der Waals surface area (Å²) >= 11 is 0. The third-order valence-corrected chi connectivity index (χ3v) is 1.96. The molecule has 0 amide bonds. The van der Waals surface area contributed by atoms with E-state index in [1.165, 1.54) is 0 Å². The van der Waals surface area contributed by atoms with Crippen LogP contribution in [-0.4, -0.2) is 23.6 Å². The van der Waals surface area contributed by atoms with E-state index in [0.29, 0.717) is 6.42 Å². The Labute approximate surface area is 104 Å². The van der Waals surface area contributed by atoms with Crippen molar-refractivity contribution in [3.8, 4) is 0 Å². The largest absolute Gasteiger partial charge is 0.463 e. The molecule has 100 valence electrons. The lowest BCUT2D eigenvalue weighted by Gasteiger charge is -2.20. The molecule has 0 aliphatic carbocycles. The minimum absolute atomic E-state index is 0.119. The Kier molecular flexibility index (Phi) is 6.21. The van der Waals surface area contributed by atoms with Crippen LogP contribution in [0.15, 0.2) is 0 Å². The molecule has 0 aromatic rings. The van der Waals surface area contributed by atoms with Gasteiger partial charge in [-0.15, -0.1) is 0 Å². The average molecular weight is 244 g/mol. The van der Waals surface area contributed by atoms with Gasteiger partial charge >= 0.3 is 11.9 Å². The van der Waals surface area contributed by atoms with Crippen LogP contribution in [0.5, 0.6) is 0 Å². The summed E-state index contributed by atoms with van der Waals surface area (Å²) in [7, 11) is 0. The molecule has 4 nitrogen and oxygen atoms in total. The van der Waals surface area contributed by atoms with E-state index in [4.69, 9.17) is 9.47 Å². The van der Waals surface area contributed by atoms with E-state index in [0.717, 1.165) is 0 Å². The molecule has 4 heteroatoms. The Balaban J connectivity index is 3.95. The molecule has 0 saturated carbocycles. The summed E-state index contributed by atoms with van der Waals surface area (Å²) in [6.45, 7) is 10.8. The van der Waals surface area contributed by atoms with E-state index < -0.39 is 5.60 Å². The first-order chi connectivity index (χ1) is 7.61. The molecule has 1 atom stereocenters. The van der Waals surface area contributed by atoms with Crippen LogP contribution in [0, 0.1) is 5.92 Å². The predicted molar refractivity (Wildman–Crippen MR) is 65.5 cm³/mol. The quantitative estimate of drug-likeness (QED) is 0.698. The van der Waals surface area contributed by atoms with Crippen molar-refractivity contribution in [1.29, 1.82) is 0 Å². The van der Waals surface area contributed by atoms with Crippen LogP contribution in [0.1, 0.15) is 54.4 Å². The fourth-order valence-electron chi connectivity index (χ4n) is 1.19. The zero-order valence-electron chi connectivity index (χ0n) is 11.7. The van der Waals surface area contributed by atoms with E-state index in [-0.39, 0.29) is 30.4 Å². The lowest BCUT2D eigenvalue weighted by molar-refractivity contribution is -0.156. The topological polar surface area (TPSA) is 52.6 Å². The normalized spacial score (nSPS) is 13.4. The Morgan fingerprint density at radius 1 is 1.12 bits per heavy atom. The maximum Gasteiger partial charge on any atom is 0.308 e. The van der Waals surface area contributed by atoms with E-state index in [9.17, 15) is 9.59 Å². The van der Waals surface area contributed by atoms with Crippen molar-refractivity contribution >= 4 is 11.9 Å². The van der Waals surface area contributed by atoms with Gasteiger partial charge in [-0.2, -0.15) is 0 Å². The number of hydrogen-bond acceptors (Lipinski definition) is 4. The first kappa shape index (κ1) is 15.9. The second kappa shape index (κ2) is 6.62. The molecule has 0 heterocycles. The van der Waals surface area contributed by atoms with Crippen LogP contribution < -0.4 is 0 Å². The molecule has 0 saturated heterocycles. The molecule has 0 aliphatic heterocycles. The summed E-state index contributed by atoms with van der Waals surface area (Å²) in [5.74, 6) is -0.810. The zero-order valence-corrected chi connectivity index (χ0v) is 11.7. The second-order valence-electron chi connectivity index (χ2n) is 5.51. The number of carbonyl (C=O) groups excluding carboxylic acids is 2. The van der Waals surface area contributed by atoms with Gasteiger partial charge in [0.1, 0.15) is 5.60 Å². The van der Waals surface area contributed by atoms with E-state index in [2.05, 4.69) is 0 Å². The van der Waals surface area contributed by atoms with Crippen molar-refractivity contribution in [3.63, 3.8) is 0 Å². The molecular formula is C13H24O4. The maximum atomic E-state index is 11.5. The highest BCUT2D eigenvalue weighted by molar-refractivity contribution is 5.74. The predicted octanol–water partition coefficient (Wildman–Crippen LogP) is 2.70. The lowest BCUT2D eigenvalue weighted by Crippen LogP contribution is -2.25. The summed E-state index contributed by atoms with van der Waals surface area (Å²) in [5, 5.41) is 0. The van der Waals surface area contributed by atoms with E-state index in [1.54, 1.807) is 20.8 Å². The zero-order chi connectivity index (χ0) is 13.6. The average Bonchev–Trinajstić information content (AvgIpc) is 2.10. The van der Waals surface area contributed by atoms with Gasteiger partial charge in [0.15, 0.2) is 0 Å². The van der Waals surface area contributed by atoms with Gasteiger partial charge in [-0.25, -0.2) is 0 Å². The van der Waals surface area contributed by atoms with Gasteiger partial charge in [0, 0.05) is 6.42 Å². The molecule has 0 aromatic heterocycles. The molecule has 0 fully saturated rings. The fourth-order valence-corrected chi connectivity index (χ4v) is 1.19. The third kappa shape index (κ3) is 8.72. The van der Waals surface area contributed by atoms with Crippen molar-refractivity contribution in [3.05, 3.63) is 0 Å². The Hall–Kier alpha value is -1.06. The van der Waals surface area contributed by atoms with Crippen LogP contribution in [0.25, 0.3) is 0 Å². The maximum absolute atomic E-state index is 11.5. The van der Waals surface area contributed by atoms with Gasteiger partial charge in [-0.1, -0.05) is 6.92 Å². The SMILES string of the molecule is CC(C)OC(=O)[C@@H](C)CCC(=O)OC(C)(C)C. The third-order valence-electron chi connectivity index (χ3n) is 1.96. The summed E-state index contributed by atoms with van der Waals surface area (Å²) in [5.41, 5.74) is -0.473. The summed E-state index contributed by atoms with van der Waals surface area (Å²) < 4.78 is 10.2. The summed E-state index contributed by atoms with van der Waals surface area (Å²) in [4.78, 5) is 22.9. The highest BCUT2D eigenvalue weighted by Crippen LogP contribution is 2.13. The monoisotopic (exact) mass is 244 g/mol. The van der Waals surface area contributed by atoms with Crippen molar-refractivity contribution in [2.75, 3.05) is 0 Å². The first-order valence-corrected chi connectivity index (χ1v) is 6.04. The van der Waals surface area contributed by atoms with Crippen molar-refractivity contribution in [1.82, 2.24) is 0 Å². The highest BCUT2D eigenvalue weighted by atomic mass is 16.6. The van der Waals surface area contributed by atoms with Gasteiger partial charge in [0.2, 0.25) is 0 Å². The minimum atomic E-state index is -0.473. The first-order valence-electron chi connectivity index (χ1n) is 6.04. The number of hydrogen-bond donors (Lipinski definition) is 0. The van der Waals surface area contributed by atoms with Gasteiger partial charge in [-0.05, 0) is 41.0 Å². The molecule has 0 N–H and O–H groups in total. The van der Waals surface area contributed by atoms with Crippen molar-refractivity contribution in [2.24, 2.45) is 5.92 Å². The van der Waals surface area contributed by atoms with Crippen molar-refractivity contribution in [2.45, 2.75) is 66.1 Å². The van der Waals surface area contributed by atoms with Crippen LogP contribution in [0.3, 0.4) is 0 Å². The summed E-state index contributed by atoms with van der Waals surface area (Å²) in [6, 6.07) is 0. The molecule has 0 unspecified atom stereocenters. The molecule has 0 aromatic carbocycles. The molecule has 0 bridgehead atoms. The number of ether oxygens (including phenoxy) is 2. The Bertz CT molecular complexity index is 263. The van der Waals surface area contributed by atoms with Crippen LogP contribution in [-0.2, 0) is 19.1 Å². The van der Waals surface area contributed by atoms with Gasteiger partial charge in [0.25, 0.3) is 0 Å². The lowest BCUT2D eigenvalue weighted by atomic mass is 10.1. The molecule has 17 heavy (non-hydrogen) atoms. The van der Waals surface area contributed by atoms with Crippen molar-refractivity contribution < 1.29 is 19.1 Å². The fraction of sp³-hybridized carbons (Fsp3) is 0.846. The smallest absolute Gasteiger partial charge is 0.308 e.